The molecule has 4 nitrogen and oxygen atoms in total. The van der Waals surface area contributed by atoms with Gasteiger partial charge in [-0.15, -0.1) is 0 Å². The summed E-state index contributed by atoms with van der Waals surface area (Å²) in [5.74, 6) is -1.11. The van der Waals surface area contributed by atoms with Crippen molar-refractivity contribution in [2.24, 2.45) is 0 Å². The molecule has 3 aromatic rings. The van der Waals surface area contributed by atoms with E-state index in [9.17, 15) is 22.8 Å². The maximum absolute atomic E-state index is 13.4. The number of nitrogens with zero attached hydrogens (tertiary/aromatic N) is 1. The normalized spacial score (nSPS) is 15.8. The van der Waals surface area contributed by atoms with Crippen LogP contribution in [0.25, 0.3) is 0 Å². The number of anilines is 2. The van der Waals surface area contributed by atoms with Gasteiger partial charge in [-0.25, -0.2) is 0 Å². The lowest BCUT2D eigenvalue weighted by molar-refractivity contribution is -0.137. The van der Waals surface area contributed by atoms with E-state index < -0.39 is 29.6 Å². The van der Waals surface area contributed by atoms with Gasteiger partial charge in [-0.3, -0.25) is 14.5 Å². The first-order chi connectivity index (χ1) is 15.3. The number of fused-ring (bicyclic) bond motifs is 1. The molecule has 1 atom stereocenters. The van der Waals surface area contributed by atoms with E-state index in [1.807, 2.05) is 12.1 Å². The minimum Gasteiger partial charge on any atom is -0.324 e. The highest BCUT2D eigenvalue weighted by molar-refractivity contribution is 6.30. The average molecular weight is 459 g/mol. The summed E-state index contributed by atoms with van der Waals surface area (Å²) in [6, 6.07) is 17.2. The highest BCUT2D eigenvalue weighted by Crippen LogP contribution is 2.36. The van der Waals surface area contributed by atoms with E-state index in [0.29, 0.717) is 22.7 Å². The van der Waals surface area contributed by atoms with Crippen molar-refractivity contribution in [3.8, 4) is 0 Å². The highest BCUT2D eigenvalue weighted by atomic mass is 35.5. The standard InChI is InChI=1S/C24H18ClF3N2O2/c25-17-12-9-16(10-13-17)23(32)30-20-8-4-1-5-15(20)11-14-21(30)22(31)29-19-7-3-2-6-18(19)24(26,27)28/h1-10,12-13,21H,11,14H2,(H,29,31). The van der Waals surface area contributed by atoms with Crippen LogP contribution in [-0.4, -0.2) is 17.9 Å². The minimum absolute atomic E-state index is 0.274. The molecule has 1 heterocycles. The number of aryl methyl sites for hydroxylation is 1. The van der Waals surface area contributed by atoms with Crippen molar-refractivity contribution < 1.29 is 22.8 Å². The first-order valence-electron chi connectivity index (χ1n) is 9.90. The molecule has 0 saturated carbocycles. The van der Waals surface area contributed by atoms with E-state index >= 15 is 0 Å². The van der Waals surface area contributed by atoms with Gasteiger partial charge < -0.3 is 5.32 Å². The summed E-state index contributed by atoms with van der Waals surface area (Å²) >= 11 is 5.92. The van der Waals surface area contributed by atoms with E-state index in [1.54, 1.807) is 36.4 Å². The summed E-state index contributed by atoms with van der Waals surface area (Å²) in [6.45, 7) is 0. The van der Waals surface area contributed by atoms with E-state index in [1.165, 1.54) is 23.1 Å². The van der Waals surface area contributed by atoms with Gasteiger partial charge in [0.15, 0.2) is 0 Å². The molecule has 1 unspecified atom stereocenters. The van der Waals surface area contributed by atoms with Crippen LogP contribution in [0.4, 0.5) is 24.5 Å². The van der Waals surface area contributed by atoms with Gasteiger partial charge >= 0.3 is 6.18 Å². The van der Waals surface area contributed by atoms with Crippen LogP contribution in [0.5, 0.6) is 0 Å². The lowest BCUT2D eigenvalue weighted by Gasteiger charge is -2.36. The van der Waals surface area contributed by atoms with Crippen molar-refractivity contribution in [2.75, 3.05) is 10.2 Å². The minimum atomic E-state index is -4.62. The Morgan fingerprint density at radius 3 is 2.31 bits per heavy atom. The fraction of sp³-hybridized carbons (Fsp3) is 0.167. The Morgan fingerprint density at radius 1 is 0.938 bits per heavy atom. The summed E-state index contributed by atoms with van der Waals surface area (Å²) in [5, 5.41) is 2.85. The van der Waals surface area contributed by atoms with Gasteiger partial charge in [-0.1, -0.05) is 41.9 Å². The number of carbonyl (C=O) groups excluding carboxylic acids is 2. The Bertz CT molecular complexity index is 1160. The molecule has 0 radical (unpaired) electrons. The monoisotopic (exact) mass is 458 g/mol. The number of para-hydroxylation sites is 2. The second kappa shape index (κ2) is 8.67. The van der Waals surface area contributed by atoms with Crippen molar-refractivity contribution in [2.45, 2.75) is 25.1 Å². The molecular weight excluding hydrogens is 441 g/mol. The van der Waals surface area contributed by atoms with Crippen LogP contribution in [0.1, 0.15) is 27.9 Å². The van der Waals surface area contributed by atoms with E-state index in [4.69, 9.17) is 11.6 Å². The van der Waals surface area contributed by atoms with Crippen molar-refractivity contribution >= 4 is 34.8 Å². The van der Waals surface area contributed by atoms with Gasteiger partial charge in [0, 0.05) is 16.3 Å². The zero-order valence-corrected chi connectivity index (χ0v) is 17.5. The predicted octanol–water partition coefficient (Wildman–Crippen LogP) is 5.96. The highest BCUT2D eigenvalue weighted by Gasteiger charge is 2.38. The van der Waals surface area contributed by atoms with Crippen LogP contribution in [0.2, 0.25) is 5.02 Å². The summed E-state index contributed by atoms with van der Waals surface area (Å²) in [7, 11) is 0. The molecule has 0 saturated heterocycles. The summed E-state index contributed by atoms with van der Waals surface area (Å²) < 4.78 is 40.1. The molecule has 164 valence electrons. The summed E-state index contributed by atoms with van der Waals surface area (Å²) in [4.78, 5) is 27.9. The Morgan fingerprint density at radius 2 is 1.59 bits per heavy atom. The number of hydrogen-bond donors (Lipinski definition) is 1. The van der Waals surface area contributed by atoms with E-state index in [2.05, 4.69) is 5.32 Å². The number of benzene rings is 3. The van der Waals surface area contributed by atoms with Crippen LogP contribution in [0.3, 0.4) is 0 Å². The summed E-state index contributed by atoms with van der Waals surface area (Å²) in [6.07, 6.45) is -3.84. The lowest BCUT2D eigenvalue weighted by atomic mass is 9.94. The summed E-state index contributed by atoms with van der Waals surface area (Å²) in [5.41, 5.74) is 0.472. The maximum Gasteiger partial charge on any atom is 0.418 e. The number of alkyl halides is 3. The van der Waals surface area contributed by atoms with Crippen molar-refractivity contribution in [1.82, 2.24) is 0 Å². The number of amides is 2. The Kier molecular flexibility index (Phi) is 5.93. The zero-order chi connectivity index (χ0) is 22.9. The number of rotatable bonds is 3. The van der Waals surface area contributed by atoms with E-state index in [0.717, 1.165) is 11.6 Å². The molecule has 4 rings (SSSR count). The maximum atomic E-state index is 13.4. The molecule has 32 heavy (non-hydrogen) atoms. The number of hydrogen-bond acceptors (Lipinski definition) is 2. The van der Waals surface area contributed by atoms with Crippen LogP contribution in [0, 0.1) is 0 Å². The number of carbonyl (C=O) groups is 2. The SMILES string of the molecule is O=C(Nc1ccccc1C(F)(F)F)C1CCc2ccccc2N1C(=O)c1ccc(Cl)cc1. The van der Waals surface area contributed by atoms with Crippen LogP contribution >= 0.6 is 11.6 Å². The fourth-order valence-electron chi connectivity index (χ4n) is 3.83. The van der Waals surface area contributed by atoms with Crippen molar-refractivity contribution in [3.63, 3.8) is 0 Å². The smallest absolute Gasteiger partial charge is 0.324 e. The zero-order valence-electron chi connectivity index (χ0n) is 16.7. The quantitative estimate of drug-likeness (QED) is 0.526. The molecule has 0 spiro atoms. The van der Waals surface area contributed by atoms with Crippen LogP contribution in [-0.2, 0) is 17.4 Å². The molecule has 0 aromatic heterocycles. The molecule has 1 aliphatic rings. The second-order valence-electron chi connectivity index (χ2n) is 7.40. The number of halogens is 4. The van der Waals surface area contributed by atoms with Gasteiger partial charge in [0.1, 0.15) is 6.04 Å². The van der Waals surface area contributed by atoms with Gasteiger partial charge in [0.25, 0.3) is 5.91 Å². The lowest BCUT2D eigenvalue weighted by Crippen LogP contribution is -2.50. The first-order valence-corrected chi connectivity index (χ1v) is 10.3. The van der Waals surface area contributed by atoms with Crippen molar-refractivity contribution in [1.29, 1.82) is 0 Å². The third-order valence-electron chi connectivity index (χ3n) is 5.35. The largest absolute Gasteiger partial charge is 0.418 e. The molecule has 0 aliphatic carbocycles. The van der Waals surface area contributed by atoms with Gasteiger partial charge in [-0.2, -0.15) is 13.2 Å². The third-order valence-corrected chi connectivity index (χ3v) is 5.60. The molecule has 0 bridgehead atoms. The Hall–Kier alpha value is -3.32. The van der Waals surface area contributed by atoms with Gasteiger partial charge in [0.2, 0.25) is 5.91 Å². The van der Waals surface area contributed by atoms with Gasteiger partial charge in [-0.05, 0) is 60.9 Å². The topological polar surface area (TPSA) is 49.4 Å². The van der Waals surface area contributed by atoms with Crippen LogP contribution in [0.15, 0.2) is 72.8 Å². The van der Waals surface area contributed by atoms with E-state index in [-0.39, 0.29) is 12.1 Å². The first kappa shape index (κ1) is 21.9. The molecule has 3 aromatic carbocycles. The molecular formula is C24H18ClF3N2O2. The van der Waals surface area contributed by atoms with Crippen LogP contribution < -0.4 is 10.2 Å². The Labute approximate surface area is 187 Å². The predicted molar refractivity (Wildman–Crippen MR) is 117 cm³/mol. The van der Waals surface area contributed by atoms with Crippen molar-refractivity contribution in [3.05, 3.63) is 94.5 Å². The number of nitrogens with one attached hydrogen (secondary N) is 1. The molecule has 2 amide bonds. The Balaban J connectivity index is 1.70. The third kappa shape index (κ3) is 4.34. The van der Waals surface area contributed by atoms with Gasteiger partial charge in [0.05, 0.1) is 11.3 Å². The molecule has 1 aliphatic heterocycles. The molecule has 1 N–H and O–H groups in total. The fourth-order valence-corrected chi connectivity index (χ4v) is 3.96. The molecule has 0 fully saturated rings. The second-order valence-corrected chi connectivity index (χ2v) is 7.83. The average Bonchev–Trinajstić information content (AvgIpc) is 2.78. The molecule has 8 heteroatoms.